The Labute approximate surface area is 169 Å². The highest BCUT2D eigenvalue weighted by Crippen LogP contribution is 2.30. The molecule has 2 aromatic heterocycles. The fourth-order valence-electron chi connectivity index (χ4n) is 4.27. The Morgan fingerprint density at radius 1 is 1.24 bits per heavy atom. The van der Waals surface area contributed by atoms with Crippen LogP contribution in [-0.4, -0.2) is 33.7 Å². The summed E-state index contributed by atoms with van der Waals surface area (Å²) in [4.78, 5) is 13.0. The summed E-state index contributed by atoms with van der Waals surface area (Å²) in [5.74, 6) is -0.241. The summed E-state index contributed by atoms with van der Waals surface area (Å²) in [6.45, 7) is 0. The van der Waals surface area contributed by atoms with Crippen LogP contribution < -0.4 is 4.74 Å². The van der Waals surface area contributed by atoms with E-state index < -0.39 is 11.9 Å². The lowest BCUT2D eigenvalue weighted by atomic mass is 9.83. The van der Waals surface area contributed by atoms with Crippen LogP contribution in [0, 0.1) is 11.7 Å². The second kappa shape index (κ2) is 8.33. The van der Waals surface area contributed by atoms with Crippen LogP contribution in [-0.2, 0) is 6.42 Å². The van der Waals surface area contributed by atoms with Gasteiger partial charge < -0.3 is 9.84 Å². The van der Waals surface area contributed by atoms with Crippen molar-refractivity contribution >= 4 is 11.3 Å². The minimum absolute atomic E-state index is 0.00945. The van der Waals surface area contributed by atoms with Crippen molar-refractivity contribution in [2.24, 2.45) is 5.92 Å². The first-order chi connectivity index (χ1) is 14.1. The lowest BCUT2D eigenvalue weighted by Gasteiger charge is -2.26. The minimum atomic E-state index is -0.419. The van der Waals surface area contributed by atoms with E-state index in [2.05, 4.69) is 5.10 Å². The molecule has 0 amide bonds. The van der Waals surface area contributed by atoms with E-state index in [0.29, 0.717) is 24.1 Å². The summed E-state index contributed by atoms with van der Waals surface area (Å²) in [6, 6.07) is 10.6. The predicted molar refractivity (Wildman–Crippen MR) is 108 cm³/mol. The van der Waals surface area contributed by atoms with Crippen molar-refractivity contribution in [2.45, 2.75) is 44.6 Å². The molecule has 0 bridgehead atoms. The van der Waals surface area contributed by atoms with E-state index >= 15 is 0 Å². The maximum absolute atomic E-state index is 14.6. The summed E-state index contributed by atoms with van der Waals surface area (Å²) in [5, 5.41) is 14.6. The Morgan fingerprint density at radius 3 is 2.86 bits per heavy atom. The number of benzene rings is 1. The monoisotopic (exact) mass is 396 g/mol. The summed E-state index contributed by atoms with van der Waals surface area (Å²) >= 11 is 0. The molecule has 0 radical (unpaired) electrons. The van der Waals surface area contributed by atoms with Crippen LogP contribution in [0.5, 0.6) is 5.75 Å². The van der Waals surface area contributed by atoms with Crippen LogP contribution in [0.3, 0.4) is 0 Å². The molecule has 0 aliphatic heterocycles. The number of nitrogens with zero attached hydrogens (tertiary/aromatic N) is 2. The van der Waals surface area contributed by atoms with Gasteiger partial charge in [-0.25, -0.2) is 8.91 Å². The van der Waals surface area contributed by atoms with E-state index in [4.69, 9.17) is 4.74 Å². The van der Waals surface area contributed by atoms with E-state index in [1.807, 2.05) is 6.07 Å². The highest BCUT2D eigenvalue weighted by atomic mass is 19.1. The van der Waals surface area contributed by atoms with E-state index in [1.54, 1.807) is 41.0 Å². The molecule has 1 aliphatic carbocycles. The van der Waals surface area contributed by atoms with Gasteiger partial charge in [-0.05, 0) is 54.2 Å². The van der Waals surface area contributed by atoms with Crippen molar-refractivity contribution in [2.75, 3.05) is 7.11 Å². The predicted octanol–water partition coefficient (Wildman–Crippen LogP) is 4.20. The standard InChI is InChI=1S/C23H25FN2O3/c1-29-22-10-4-7-16(23(22)24)12-17-13-19(26-18(17)8-5-11-25-26)21(28)14-15-6-2-3-9-20(15)27/h4-5,7-8,10-11,13,15,20,27H,2-3,6,9,12,14H2,1H3/t15-,20+/m1/s1. The zero-order valence-electron chi connectivity index (χ0n) is 16.5. The molecule has 0 spiro atoms. The van der Waals surface area contributed by atoms with Crippen molar-refractivity contribution in [3.63, 3.8) is 0 Å². The lowest BCUT2D eigenvalue weighted by Crippen LogP contribution is -2.27. The van der Waals surface area contributed by atoms with Gasteiger partial charge in [0.2, 0.25) is 0 Å². The second-order valence-electron chi connectivity index (χ2n) is 7.72. The zero-order chi connectivity index (χ0) is 20.4. The Bertz CT molecular complexity index is 1030. The van der Waals surface area contributed by atoms with E-state index in [-0.39, 0.29) is 17.5 Å². The topological polar surface area (TPSA) is 63.8 Å². The van der Waals surface area contributed by atoms with Crippen molar-refractivity contribution in [3.05, 3.63) is 65.2 Å². The lowest BCUT2D eigenvalue weighted by molar-refractivity contribution is 0.0580. The molecule has 0 unspecified atom stereocenters. The molecule has 4 rings (SSSR count). The first-order valence-corrected chi connectivity index (χ1v) is 10.1. The maximum atomic E-state index is 14.6. The molecule has 5 nitrogen and oxygen atoms in total. The number of hydrogen-bond donors (Lipinski definition) is 1. The first kappa shape index (κ1) is 19.6. The van der Waals surface area contributed by atoms with Crippen molar-refractivity contribution < 1.29 is 19.0 Å². The molecule has 1 aromatic carbocycles. The van der Waals surface area contributed by atoms with Crippen molar-refractivity contribution in [1.29, 1.82) is 0 Å². The number of halogens is 1. The smallest absolute Gasteiger partial charge is 0.181 e. The Balaban J connectivity index is 1.66. The van der Waals surface area contributed by atoms with Crippen molar-refractivity contribution in [1.82, 2.24) is 9.61 Å². The summed E-state index contributed by atoms with van der Waals surface area (Å²) in [5.41, 5.74) is 2.60. The molecule has 1 aliphatic rings. The molecular formula is C23H25FN2O3. The van der Waals surface area contributed by atoms with E-state index in [1.165, 1.54) is 7.11 Å². The van der Waals surface area contributed by atoms with Gasteiger partial charge in [0.05, 0.1) is 18.7 Å². The van der Waals surface area contributed by atoms with Crippen LogP contribution in [0.2, 0.25) is 0 Å². The maximum Gasteiger partial charge on any atom is 0.181 e. The van der Waals surface area contributed by atoms with Gasteiger partial charge in [-0.2, -0.15) is 5.10 Å². The molecule has 0 saturated heterocycles. The Morgan fingerprint density at radius 2 is 2.07 bits per heavy atom. The first-order valence-electron chi connectivity index (χ1n) is 10.1. The summed E-state index contributed by atoms with van der Waals surface area (Å²) < 4.78 is 21.3. The number of aliphatic hydroxyl groups excluding tert-OH is 1. The third-order valence-corrected chi connectivity index (χ3v) is 5.86. The minimum Gasteiger partial charge on any atom is -0.494 e. The average Bonchev–Trinajstić information content (AvgIpc) is 3.10. The molecule has 3 aromatic rings. The van der Waals surface area contributed by atoms with Crippen LogP contribution in [0.1, 0.15) is 53.7 Å². The van der Waals surface area contributed by atoms with Crippen LogP contribution in [0.15, 0.2) is 42.6 Å². The fraction of sp³-hybridized carbons (Fsp3) is 0.391. The molecular weight excluding hydrogens is 371 g/mol. The SMILES string of the molecule is COc1cccc(Cc2cc(C(=O)C[C@H]3CCCC[C@@H]3O)n3ncccc23)c1F. The number of carbonyl (C=O) groups is 1. The number of rotatable bonds is 6. The highest BCUT2D eigenvalue weighted by molar-refractivity contribution is 5.96. The zero-order valence-corrected chi connectivity index (χ0v) is 16.5. The molecule has 1 saturated carbocycles. The number of methoxy groups -OCH3 is 1. The summed E-state index contributed by atoms with van der Waals surface area (Å²) in [6.07, 6.45) is 5.53. The van der Waals surface area contributed by atoms with Crippen LogP contribution >= 0.6 is 0 Å². The number of aliphatic hydroxyl groups is 1. The Kier molecular flexibility index (Phi) is 5.62. The number of Topliss-reactive ketones (excluding diaryl/α,β-unsaturated/α-hetero) is 1. The number of ketones is 1. The number of hydrogen-bond acceptors (Lipinski definition) is 4. The van der Waals surface area contributed by atoms with Gasteiger partial charge in [0.15, 0.2) is 17.3 Å². The van der Waals surface area contributed by atoms with Gasteiger partial charge in [0.25, 0.3) is 0 Å². The van der Waals surface area contributed by atoms with Gasteiger partial charge in [0.1, 0.15) is 5.69 Å². The Hall–Kier alpha value is -2.73. The third kappa shape index (κ3) is 3.90. The molecule has 2 atom stereocenters. The molecule has 6 heteroatoms. The van der Waals surface area contributed by atoms with Gasteiger partial charge in [0, 0.05) is 19.0 Å². The quantitative estimate of drug-likeness (QED) is 0.635. The fourth-order valence-corrected chi connectivity index (χ4v) is 4.27. The number of carbonyl (C=O) groups excluding carboxylic acids is 1. The van der Waals surface area contributed by atoms with Crippen molar-refractivity contribution in [3.8, 4) is 5.75 Å². The second-order valence-corrected chi connectivity index (χ2v) is 7.72. The average molecular weight is 396 g/mol. The third-order valence-electron chi connectivity index (χ3n) is 5.86. The van der Waals surface area contributed by atoms with Crippen LogP contribution in [0.25, 0.3) is 5.52 Å². The van der Waals surface area contributed by atoms with Crippen LogP contribution in [0.4, 0.5) is 4.39 Å². The normalized spacial score (nSPS) is 19.4. The number of ether oxygens (including phenoxy) is 1. The highest BCUT2D eigenvalue weighted by Gasteiger charge is 2.27. The van der Waals surface area contributed by atoms with Gasteiger partial charge in [-0.3, -0.25) is 4.79 Å². The number of aromatic nitrogens is 2. The molecule has 29 heavy (non-hydrogen) atoms. The molecule has 2 heterocycles. The summed E-state index contributed by atoms with van der Waals surface area (Å²) in [7, 11) is 1.44. The molecule has 1 fully saturated rings. The van der Waals surface area contributed by atoms with Gasteiger partial charge in [-0.15, -0.1) is 0 Å². The van der Waals surface area contributed by atoms with Gasteiger partial charge >= 0.3 is 0 Å². The largest absolute Gasteiger partial charge is 0.494 e. The molecule has 152 valence electrons. The number of fused-ring (bicyclic) bond motifs is 1. The van der Waals surface area contributed by atoms with Gasteiger partial charge in [-0.1, -0.05) is 25.0 Å². The molecule has 1 N–H and O–H groups in total. The van der Waals surface area contributed by atoms with E-state index in [0.717, 1.165) is 36.8 Å². The van der Waals surface area contributed by atoms with E-state index in [9.17, 15) is 14.3 Å².